The Morgan fingerprint density at radius 1 is 1.00 bits per heavy atom. The smallest absolute Gasteiger partial charge is 0.167 e. The Morgan fingerprint density at radius 2 is 1.68 bits per heavy atom. The van der Waals surface area contributed by atoms with Gasteiger partial charge in [0, 0.05) is 27.1 Å². The average molecular weight is 349 g/mol. The topological polar surface area (TPSA) is 38.7 Å². The van der Waals surface area contributed by atoms with E-state index in [9.17, 15) is 5.11 Å². The Balaban J connectivity index is 1.59. The quantitative estimate of drug-likeness (QED) is 0.588. The van der Waals surface area contributed by atoms with Crippen molar-refractivity contribution in [2.45, 2.75) is 77.1 Å². The number of hydrogen-bond donors (Lipinski definition) is 1. The third-order valence-electron chi connectivity index (χ3n) is 8.95. The normalized spacial score (nSPS) is 50.2. The fourth-order valence-corrected chi connectivity index (χ4v) is 7.58. The van der Waals surface area contributed by atoms with Crippen molar-refractivity contribution >= 4 is 0 Å². The van der Waals surface area contributed by atoms with Crippen LogP contribution in [0.15, 0.2) is 11.6 Å². The third-order valence-corrected chi connectivity index (χ3v) is 8.95. The molecule has 4 saturated carbocycles. The van der Waals surface area contributed by atoms with Crippen molar-refractivity contribution in [3.05, 3.63) is 11.6 Å². The molecule has 0 radical (unpaired) electrons. The largest absolute Gasteiger partial charge is 0.393 e. The molecule has 4 rings (SSSR count). The van der Waals surface area contributed by atoms with Gasteiger partial charge in [0.1, 0.15) is 0 Å². The summed E-state index contributed by atoms with van der Waals surface area (Å²) in [5.74, 6) is 2.83. The molecule has 0 aromatic heterocycles. The van der Waals surface area contributed by atoms with Crippen molar-refractivity contribution in [2.75, 3.05) is 14.2 Å². The SMILES string of the molecule is CC=C1CC[C@H]2[C@@H]3C[C@@H](O)[C@H]4CC(OC)(OC)CC[C@@H]4[C@H]3CC[C@]12C. The average Bonchev–Trinajstić information content (AvgIpc) is 2.98. The van der Waals surface area contributed by atoms with Crippen LogP contribution in [0.1, 0.15) is 65.2 Å². The summed E-state index contributed by atoms with van der Waals surface area (Å²) in [7, 11) is 3.51. The van der Waals surface area contributed by atoms with Gasteiger partial charge in [0.2, 0.25) is 0 Å². The van der Waals surface area contributed by atoms with Gasteiger partial charge in [-0.05, 0) is 80.5 Å². The third kappa shape index (κ3) is 2.56. The van der Waals surface area contributed by atoms with Crippen LogP contribution in [0.3, 0.4) is 0 Å². The van der Waals surface area contributed by atoms with Crippen LogP contribution in [-0.4, -0.2) is 31.2 Å². The number of fused-ring (bicyclic) bond motifs is 5. The molecule has 0 bridgehead atoms. The minimum absolute atomic E-state index is 0.187. The van der Waals surface area contributed by atoms with E-state index in [1.54, 1.807) is 19.8 Å². The zero-order valence-electron chi connectivity index (χ0n) is 16.5. The molecule has 0 unspecified atom stereocenters. The predicted octanol–water partition coefficient (Wildman–Crippen LogP) is 4.55. The van der Waals surface area contributed by atoms with Crippen LogP contribution in [0.5, 0.6) is 0 Å². The van der Waals surface area contributed by atoms with E-state index in [0.717, 1.165) is 37.5 Å². The Morgan fingerprint density at radius 3 is 2.36 bits per heavy atom. The van der Waals surface area contributed by atoms with Gasteiger partial charge in [0.15, 0.2) is 5.79 Å². The second kappa shape index (κ2) is 6.35. The number of rotatable bonds is 2. The van der Waals surface area contributed by atoms with Gasteiger partial charge in [-0.2, -0.15) is 0 Å². The molecule has 0 saturated heterocycles. The van der Waals surface area contributed by atoms with Crippen LogP contribution >= 0.6 is 0 Å². The molecule has 0 aliphatic heterocycles. The molecule has 142 valence electrons. The maximum Gasteiger partial charge on any atom is 0.167 e. The van der Waals surface area contributed by atoms with E-state index in [1.807, 2.05) is 0 Å². The van der Waals surface area contributed by atoms with E-state index in [2.05, 4.69) is 19.9 Å². The van der Waals surface area contributed by atoms with Crippen molar-refractivity contribution in [1.82, 2.24) is 0 Å². The van der Waals surface area contributed by atoms with Crippen LogP contribution in [0.4, 0.5) is 0 Å². The lowest BCUT2D eigenvalue weighted by Gasteiger charge is -2.58. The lowest BCUT2D eigenvalue weighted by atomic mass is 9.49. The summed E-state index contributed by atoms with van der Waals surface area (Å²) in [4.78, 5) is 0. The Hall–Kier alpha value is -0.380. The highest BCUT2D eigenvalue weighted by molar-refractivity contribution is 5.23. The first-order valence-electron chi connectivity index (χ1n) is 10.4. The summed E-state index contributed by atoms with van der Waals surface area (Å²) >= 11 is 0. The molecule has 0 heterocycles. The highest BCUT2D eigenvalue weighted by atomic mass is 16.7. The Kier molecular flexibility index (Phi) is 4.57. The molecular formula is C22H36O3. The van der Waals surface area contributed by atoms with Gasteiger partial charge in [-0.25, -0.2) is 0 Å². The van der Waals surface area contributed by atoms with Gasteiger partial charge in [-0.1, -0.05) is 18.6 Å². The standard InChI is InChI=1S/C22H36O3/c1-5-14-6-7-19-17-12-20(23)18-13-22(24-3,25-4)11-9-16(18)15(17)8-10-21(14,19)2/h5,15-20,23H,6-13H2,1-4H3/t15-,16-,17-,18+,19+,20-,21-/m1/s1. The van der Waals surface area contributed by atoms with Crippen molar-refractivity contribution in [3.63, 3.8) is 0 Å². The van der Waals surface area contributed by atoms with Gasteiger partial charge in [0.25, 0.3) is 0 Å². The van der Waals surface area contributed by atoms with Crippen LogP contribution in [0, 0.1) is 35.0 Å². The van der Waals surface area contributed by atoms with Gasteiger partial charge in [-0.3, -0.25) is 0 Å². The molecule has 25 heavy (non-hydrogen) atoms. The number of aliphatic hydroxyl groups is 1. The number of hydrogen-bond acceptors (Lipinski definition) is 3. The van der Waals surface area contributed by atoms with E-state index in [4.69, 9.17) is 9.47 Å². The molecule has 4 aliphatic rings. The van der Waals surface area contributed by atoms with Crippen LogP contribution in [0.25, 0.3) is 0 Å². The summed E-state index contributed by atoms with van der Waals surface area (Å²) in [5, 5.41) is 11.1. The second-order valence-electron chi connectivity index (χ2n) is 9.44. The number of ether oxygens (including phenoxy) is 2. The molecule has 0 aromatic rings. The van der Waals surface area contributed by atoms with E-state index in [0.29, 0.717) is 23.2 Å². The molecular weight excluding hydrogens is 312 g/mol. The maximum atomic E-state index is 11.1. The Bertz CT molecular complexity index is 537. The molecule has 0 spiro atoms. The summed E-state index contributed by atoms with van der Waals surface area (Å²) in [6.07, 6.45) is 11.5. The second-order valence-corrected chi connectivity index (χ2v) is 9.44. The Labute approximate surface area is 153 Å². The lowest BCUT2D eigenvalue weighted by Crippen LogP contribution is -2.55. The van der Waals surface area contributed by atoms with Crippen molar-refractivity contribution in [1.29, 1.82) is 0 Å². The van der Waals surface area contributed by atoms with Crippen molar-refractivity contribution in [2.24, 2.45) is 35.0 Å². The first-order valence-corrected chi connectivity index (χ1v) is 10.4. The first-order chi connectivity index (χ1) is 12.0. The molecule has 0 aromatic carbocycles. The molecule has 1 N–H and O–H groups in total. The summed E-state index contributed by atoms with van der Waals surface area (Å²) in [6.45, 7) is 4.73. The monoisotopic (exact) mass is 348 g/mol. The number of aliphatic hydroxyl groups excluding tert-OH is 1. The van der Waals surface area contributed by atoms with Gasteiger partial charge < -0.3 is 14.6 Å². The fourth-order valence-electron chi connectivity index (χ4n) is 7.58. The fraction of sp³-hybridized carbons (Fsp3) is 0.909. The highest BCUT2D eigenvalue weighted by Crippen LogP contribution is 2.64. The van der Waals surface area contributed by atoms with Crippen LogP contribution < -0.4 is 0 Å². The van der Waals surface area contributed by atoms with E-state index < -0.39 is 5.79 Å². The first kappa shape index (κ1) is 18.0. The van der Waals surface area contributed by atoms with Crippen LogP contribution in [-0.2, 0) is 9.47 Å². The zero-order valence-corrected chi connectivity index (χ0v) is 16.5. The van der Waals surface area contributed by atoms with E-state index in [-0.39, 0.29) is 6.10 Å². The van der Waals surface area contributed by atoms with Crippen molar-refractivity contribution in [3.8, 4) is 0 Å². The van der Waals surface area contributed by atoms with E-state index in [1.165, 1.54) is 25.7 Å². The zero-order chi connectivity index (χ0) is 17.8. The van der Waals surface area contributed by atoms with Gasteiger partial charge in [-0.15, -0.1) is 0 Å². The lowest BCUT2D eigenvalue weighted by molar-refractivity contribution is -0.256. The molecule has 3 heteroatoms. The number of methoxy groups -OCH3 is 2. The highest BCUT2D eigenvalue weighted by Gasteiger charge is 2.58. The van der Waals surface area contributed by atoms with E-state index >= 15 is 0 Å². The molecule has 4 aliphatic carbocycles. The minimum Gasteiger partial charge on any atom is -0.393 e. The van der Waals surface area contributed by atoms with Crippen LogP contribution in [0.2, 0.25) is 0 Å². The molecule has 3 nitrogen and oxygen atoms in total. The summed E-state index contributed by atoms with van der Waals surface area (Å²) < 4.78 is 11.5. The molecule has 7 atom stereocenters. The summed E-state index contributed by atoms with van der Waals surface area (Å²) in [6, 6.07) is 0. The maximum absolute atomic E-state index is 11.1. The number of allylic oxidation sites excluding steroid dienone is 2. The van der Waals surface area contributed by atoms with Gasteiger partial charge >= 0.3 is 0 Å². The molecule has 4 fully saturated rings. The minimum atomic E-state index is -0.469. The predicted molar refractivity (Wildman–Crippen MR) is 99.0 cm³/mol. The van der Waals surface area contributed by atoms with Gasteiger partial charge in [0.05, 0.1) is 6.10 Å². The van der Waals surface area contributed by atoms with Crippen molar-refractivity contribution < 1.29 is 14.6 Å². The summed E-state index contributed by atoms with van der Waals surface area (Å²) in [5.41, 5.74) is 2.09. The molecule has 0 amide bonds.